The third-order valence-electron chi connectivity index (χ3n) is 5.74. The van der Waals surface area contributed by atoms with Crippen LogP contribution >= 0.6 is 23.2 Å². The maximum atomic E-state index is 12.8. The van der Waals surface area contributed by atoms with Gasteiger partial charge in [-0.3, -0.25) is 14.9 Å². The molecule has 1 saturated carbocycles. The van der Waals surface area contributed by atoms with Crippen molar-refractivity contribution in [3.05, 3.63) is 33.3 Å². The van der Waals surface area contributed by atoms with Crippen LogP contribution in [0.25, 0.3) is 0 Å². The Balaban J connectivity index is 1.47. The number of urea groups is 1. The molecule has 2 N–H and O–H groups in total. The van der Waals surface area contributed by atoms with Gasteiger partial charge in [-0.2, -0.15) is 0 Å². The molecule has 4 amide bonds. The molecule has 0 radical (unpaired) electrons. The first-order chi connectivity index (χ1) is 12.3. The summed E-state index contributed by atoms with van der Waals surface area (Å²) in [4.78, 5) is 38.5. The number of nitrogens with zero attached hydrogens (tertiary/aromatic N) is 1. The predicted molar refractivity (Wildman–Crippen MR) is 96.8 cm³/mol. The molecule has 138 valence electrons. The van der Waals surface area contributed by atoms with Crippen LogP contribution in [0.1, 0.15) is 49.8 Å². The van der Waals surface area contributed by atoms with Crippen molar-refractivity contribution in [2.24, 2.45) is 5.92 Å². The Hall–Kier alpha value is -1.79. The maximum Gasteiger partial charge on any atom is 0.322 e. The minimum absolute atomic E-state index is 0.0464. The molecule has 0 spiro atoms. The molecule has 1 unspecified atom stereocenters. The first-order valence-corrected chi connectivity index (χ1v) is 9.48. The number of halogens is 2. The van der Waals surface area contributed by atoms with E-state index in [1.54, 1.807) is 11.0 Å². The predicted octanol–water partition coefficient (Wildman–Crippen LogP) is 3.17. The SMILES string of the molecule is CC1c2cc(Cl)c(Cl)cc2CN1C(=O)CC[C@@]1(C2CC2)NC(=O)NC1=O. The van der Waals surface area contributed by atoms with E-state index in [1.807, 2.05) is 13.0 Å². The summed E-state index contributed by atoms with van der Waals surface area (Å²) in [5.41, 5.74) is 1.05. The summed E-state index contributed by atoms with van der Waals surface area (Å²) in [6.45, 7) is 2.43. The molecule has 6 nitrogen and oxygen atoms in total. The average Bonchev–Trinajstić information content (AvgIpc) is 3.33. The van der Waals surface area contributed by atoms with Gasteiger partial charge in [0.15, 0.2) is 0 Å². The van der Waals surface area contributed by atoms with E-state index < -0.39 is 11.6 Å². The quantitative estimate of drug-likeness (QED) is 0.768. The van der Waals surface area contributed by atoms with E-state index in [0.717, 1.165) is 24.0 Å². The van der Waals surface area contributed by atoms with E-state index in [4.69, 9.17) is 23.2 Å². The normalized spacial score (nSPS) is 27.3. The number of hydrogen-bond donors (Lipinski definition) is 2. The second-order valence-electron chi connectivity index (χ2n) is 7.32. The van der Waals surface area contributed by atoms with Crippen LogP contribution in [0.2, 0.25) is 10.0 Å². The van der Waals surface area contributed by atoms with Gasteiger partial charge in [0.25, 0.3) is 5.91 Å². The standard InChI is InChI=1S/C18H19Cl2N3O3/c1-9-12-7-14(20)13(19)6-10(12)8-23(9)15(24)4-5-18(11-2-3-11)16(25)21-17(26)22-18/h6-7,9,11H,2-5,8H2,1H3,(H2,21,22,25,26)/t9?,18-/m0/s1. The second kappa shape index (κ2) is 6.13. The third-order valence-corrected chi connectivity index (χ3v) is 6.46. The van der Waals surface area contributed by atoms with Gasteiger partial charge in [-0.15, -0.1) is 0 Å². The highest BCUT2D eigenvalue weighted by atomic mass is 35.5. The molecule has 0 aromatic heterocycles. The molecule has 1 aliphatic carbocycles. The molecule has 2 heterocycles. The van der Waals surface area contributed by atoms with E-state index in [2.05, 4.69) is 10.6 Å². The zero-order chi connectivity index (χ0) is 18.6. The molecule has 3 aliphatic rings. The van der Waals surface area contributed by atoms with Gasteiger partial charge in [0.1, 0.15) is 5.54 Å². The maximum absolute atomic E-state index is 12.8. The Morgan fingerprint density at radius 3 is 2.58 bits per heavy atom. The highest BCUT2D eigenvalue weighted by Crippen LogP contribution is 2.44. The number of amides is 4. The van der Waals surface area contributed by atoms with Crippen LogP contribution in [-0.4, -0.2) is 28.3 Å². The van der Waals surface area contributed by atoms with Crippen LogP contribution in [-0.2, 0) is 16.1 Å². The number of nitrogens with one attached hydrogen (secondary N) is 2. The molecule has 1 aromatic carbocycles. The Kier molecular flexibility index (Phi) is 4.15. The minimum atomic E-state index is -0.935. The summed E-state index contributed by atoms with van der Waals surface area (Å²) in [6, 6.07) is 3.05. The summed E-state index contributed by atoms with van der Waals surface area (Å²) < 4.78 is 0. The molecule has 1 aromatic rings. The molecule has 8 heteroatoms. The lowest BCUT2D eigenvalue weighted by molar-refractivity contribution is -0.134. The minimum Gasteiger partial charge on any atom is -0.332 e. The van der Waals surface area contributed by atoms with Crippen molar-refractivity contribution >= 4 is 41.0 Å². The first kappa shape index (κ1) is 17.6. The van der Waals surface area contributed by atoms with Crippen LogP contribution < -0.4 is 10.6 Å². The van der Waals surface area contributed by atoms with Crippen LogP contribution in [0, 0.1) is 5.92 Å². The third kappa shape index (κ3) is 2.76. The van der Waals surface area contributed by atoms with Gasteiger partial charge in [0.2, 0.25) is 5.91 Å². The Bertz CT molecular complexity index is 824. The molecule has 2 fully saturated rings. The van der Waals surface area contributed by atoms with Gasteiger partial charge in [0.05, 0.1) is 16.1 Å². The average molecular weight is 396 g/mol. The number of carbonyl (C=O) groups excluding carboxylic acids is 3. The Morgan fingerprint density at radius 2 is 1.96 bits per heavy atom. The van der Waals surface area contributed by atoms with Crippen molar-refractivity contribution in [1.82, 2.24) is 15.5 Å². The van der Waals surface area contributed by atoms with Crippen LogP contribution in [0.5, 0.6) is 0 Å². The summed E-state index contributed by atoms with van der Waals surface area (Å²) in [6.07, 6.45) is 2.30. The topological polar surface area (TPSA) is 78.5 Å². The van der Waals surface area contributed by atoms with Gasteiger partial charge in [-0.1, -0.05) is 23.2 Å². The van der Waals surface area contributed by atoms with Gasteiger partial charge in [-0.05, 0) is 55.4 Å². The van der Waals surface area contributed by atoms with E-state index >= 15 is 0 Å². The monoisotopic (exact) mass is 395 g/mol. The van der Waals surface area contributed by atoms with Crippen molar-refractivity contribution in [2.45, 2.75) is 50.7 Å². The smallest absolute Gasteiger partial charge is 0.322 e. The number of benzene rings is 1. The fraction of sp³-hybridized carbons (Fsp3) is 0.500. The fourth-order valence-electron chi connectivity index (χ4n) is 4.12. The number of hydrogen-bond acceptors (Lipinski definition) is 3. The molecular formula is C18H19Cl2N3O3. The molecule has 2 aliphatic heterocycles. The number of imide groups is 1. The molecule has 1 saturated heterocycles. The number of rotatable bonds is 4. The van der Waals surface area contributed by atoms with Gasteiger partial charge < -0.3 is 10.2 Å². The molecule has 4 rings (SSSR count). The lowest BCUT2D eigenvalue weighted by Crippen LogP contribution is -2.49. The summed E-state index contributed by atoms with van der Waals surface area (Å²) in [5.74, 6) is -0.239. The highest BCUT2D eigenvalue weighted by molar-refractivity contribution is 6.42. The first-order valence-electron chi connectivity index (χ1n) is 8.72. The van der Waals surface area contributed by atoms with E-state index in [9.17, 15) is 14.4 Å². The molecule has 2 atom stereocenters. The fourth-order valence-corrected chi connectivity index (χ4v) is 4.48. The van der Waals surface area contributed by atoms with E-state index in [-0.39, 0.29) is 30.2 Å². The van der Waals surface area contributed by atoms with Crippen molar-refractivity contribution in [3.8, 4) is 0 Å². The Labute approximate surface area is 161 Å². The molecule has 0 bridgehead atoms. The zero-order valence-corrected chi connectivity index (χ0v) is 15.8. The van der Waals surface area contributed by atoms with Crippen molar-refractivity contribution < 1.29 is 14.4 Å². The summed E-state index contributed by atoms with van der Waals surface area (Å²) in [5, 5.41) is 6.03. The van der Waals surface area contributed by atoms with Gasteiger partial charge in [-0.25, -0.2) is 4.79 Å². The van der Waals surface area contributed by atoms with Crippen molar-refractivity contribution in [3.63, 3.8) is 0 Å². The Morgan fingerprint density at radius 1 is 1.27 bits per heavy atom. The molecular weight excluding hydrogens is 377 g/mol. The van der Waals surface area contributed by atoms with E-state index in [1.165, 1.54) is 0 Å². The van der Waals surface area contributed by atoms with E-state index in [0.29, 0.717) is 23.0 Å². The summed E-state index contributed by atoms with van der Waals surface area (Å²) >= 11 is 12.2. The lowest BCUT2D eigenvalue weighted by Gasteiger charge is -2.28. The summed E-state index contributed by atoms with van der Waals surface area (Å²) in [7, 11) is 0. The zero-order valence-electron chi connectivity index (χ0n) is 14.3. The highest BCUT2D eigenvalue weighted by Gasteiger charge is 2.55. The van der Waals surface area contributed by atoms with Crippen molar-refractivity contribution in [1.29, 1.82) is 0 Å². The number of fused-ring (bicyclic) bond motifs is 1. The number of carbonyl (C=O) groups is 3. The molecule has 26 heavy (non-hydrogen) atoms. The lowest BCUT2D eigenvalue weighted by atomic mass is 9.87. The second-order valence-corrected chi connectivity index (χ2v) is 8.13. The van der Waals surface area contributed by atoms with Crippen LogP contribution in [0.4, 0.5) is 4.79 Å². The van der Waals surface area contributed by atoms with Crippen molar-refractivity contribution in [2.75, 3.05) is 0 Å². The van der Waals surface area contributed by atoms with Crippen LogP contribution in [0.15, 0.2) is 12.1 Å². The van der Waals surface area contributed by atoms with Gasteiger partial charge >= 0.3 is 6.03 Å². The largest absolute Gasteiger partial charge is 0.332 e. The van der Waals surface area contributed by atoms with Crippen LogP contribution in [0.3, 0.4) is 0 Å². The van der Waals surface area contributed by atoms with Gasteiger partial charge in [0, 0.05) is 13.0 Å².